The molecular formula is C20H32N3O4+. The quantitative estimate of drug-likeness (QED) is 0.637. The second kappa shape index (κ2) is 10.2. The Hall–Kier alpha value is -2.28. The summed E-state index contributed by atoms with van der Waals surface area (Å²) in [6, 6.07) is 5.46. The molecule has 1 heterocycles. The second-order valence-electron chi connectivity index (χ2n) is 7.37. The van der Waals surface area contributed by atoms with Gasteiger partial charge < -0.3 is 19.7 Å². The number of likely N-dealkylation sites (tertiary alicyclic amines) is 1. The highest BCUT2D eigenvalue weighted by Crippen LogP contribution is 2.31. The number of amides is 3. The SMILES string of the molecule is COc1ccc(OC)c([C@@H]2CCC[NH+]2CC(=O)NC(=O)NCCC(C)C)c1. The van der Waals surface area contributed by atoms with Crippen LogP contribution in [0.1, 0.15) is 44.7 Å². The summed E-state index contributed by atoms with van der Waals surface area (Å²) in [4.78, 5) is 25.3. The van der Waals surface area contributed by atoms with Crippen LogP contribution < -0.4 is 25.0 Å². The molecule has 1 saturated heterocycles. The van der Waals surface area contributed by atoms with Crippen molar-refractivity contribution >= 4 is 11.9 Å². The van der Waals surface area contributed by atoms with Crippen molar-refractivity contribution in [1.82, 2.24) is 10.6 Å². The summed E-state index contributed by atoms with van der Waals surface area (Å²) in [6.45, 7) is 5.88. The minimum Gasteiger partial charge on any atom is -0.497 e. The Morgan fingerprint density at radius 2 is 2.04 bits per heavy atom. The molecule has 0 bridgehead atoms. The van der Waals surface area contributed by atoms with Gasteiger partial charge in [-0.3, -0.25) is 10.1 Å². The van der Waals surface area contributed by atoms with E-state index in [0.29, 0.717) is 12.5 Å². The van der Waals surface area contributed by atoms with Crippen LogP contribution in [0.15, 0.2) is 18.2 Å². The van der Waals surface area contributed by atoms with Crippen molar-refractivity contribution < 1.29 is 24.0 Å². The van der Waals surface area contributed by atoms with Crippen molar-refractivity contribution in [2.45, 2.75) is 39.2 Å². The molecule has 2 atom stereocenters. The molecule has 7 heteroatoms. The van der Waals surface area contributed by atoms with Gasteiger partial charge in [0.2, 0.25) is 0 Å². The first-order valence-electron chi connectivity index (χ1n) is 9.58. The fourth-order valence-electron chi connectivity index (χ4n) is 3.51. The minimum atomic E-state index is -0.422. The van der Waals surface area contributed by atoms with E-state index in [1.54, 1.807) is 14.2 Å². The van der Waals surface area contributed by atoms with Crippen LogP contribution in [-0.2, 0) is 4.79 Å². The number of hydrogen-bond acceptors (Lipinski definition) is 4. The zero-order valence-corrected chi connectivity index (χ0v) is 16.8. The monoisotopic (exact) mass is 378 g/mol. The van der Waals surface area contributed by atoms with Crippen LogP contribution in [0.5, 0.6) is 11.5 Å². The fourth-order valence-corrected chi connectivity index (χ4v) is 3.51. The van der Waals surface area contributed by atoms with Gasteiger partial charge in [0.15, 0.2) is 6.54 Å². The van der Waals surface area contributed by atoms with E-state index in [9.17, 15) is 9.59 Å². The van der Waals surface area contributed by atoms with Crippen LogP contribution in [0.25, 0.3) is 0 Å². The molecule has 27 heavy (non-hydrogen) atoms. The lowest BCUT2D eigenvalue weighted by Crippen LogP contribution is -3.11. The van der Waals surface area contributed by atoms with Gasteiger partial charge in [-0.1, -0.05) is 13.8 Å². The lowest BCUT2D eigenvalue weighted by Gasteiger charge is -2.23. The molecule has 1 aromatic carbocycles. The molecule has 0 aliphatic carbocycles. The number of nitrogens with one attached hydrogen (secondary N) is 3. The summed E-state index contributed by atoms with van der Waals surface area (Å²) in [6.07, 6.45) is 2.87. The van der Waals surface area contributed by atoms with Gasteiger partial charge >= 0.3 is 6.03 Å². The number of imide groups is 1. The summed E-state index contributed by atoms with van der Waals surface area (Å²) in [5, 5.41) is 5.17. The van der Waals surface area contributed by atoms with E-state index < -0.39 is 6.03 Å². The molecule has 1 aliphatic rings. The van der Waals surface area contributed by atoms with Gasteiger partial charge in [0.05, 0.1) is 26.3 Å². The number of ether oxygens (including phenoxy) is 2. The topological polar surface area (TPSA) is 81.1 Å². The molecule has 0 radical (unpaired) electrons. The molecule has 3 amide bonds. The highest BCUT2D eigenvalue weighted by atomic mass is 16.5. The molecular weight excluding hydrogens is 346 g/mol. The summed E-state index contributed by atoms with van der Waals surface area (Å²) < 4.78 is 10.8. The van der Waals surface area contributed by atoms with Crippen molar-refractivity contribution in [3.8, 4) is 11.5 Å². The summed E-state index contributed by atoms with van der Waals surface area (Å²) in [7, 11) is 3.28. The van der Waals surface area contributed by atoms with Gasteiger partial charge in [-0.25, -0.2) is 4.79 Å². The second-order valence-corrected chi connectivity index (χ2v) is 7.37. The average molecular weight is 378 g/mol. The number of rotatable bonds is 8. The van der Waals surface area contributed by atoms with Crippen molar-refractivity contribution in [2.75, 3.05) is 33.9 Å². The summed E-state index contributed by atoms with van der Waals surface area (Å²) >= 11 is 0. The number of urea groups is 1. The van der Waals surface area contributed by atoms with Crippen LogP contribution in [-0.4, -0.2) is 45.8 Å². The highest BCUT2D eigenvalue weighted by molar-refractivity contribution is 5.94. The Kier molecular flexibility index (Phi) is 7.91. The Morgan fingerprint density at radius 3 is 2.70 bits per heavy atom. The van der Waals surface area contributed by atoms with E-state index in [0.717, 1.165) is 47.8 Å². The van der Waals surface area contributed by atoms with Crippen LogP contribution in [0.3, 0.4) is 0 Å². The van der Waals surface area contributed by atoms with Gasteiger partial charge in [-0.2, -0.15) is 0 Å². The van der Waals surface area contributed by atoms with E-state index in [-0.39, 0.29) is 18.5 Å². The predicted molar refractivity (Wildman–Crippen MR) is 103 cm³/mol. The fraction of sp³-hybridized carbons (Fsp3) is 0.600. The standard InChI is InChI=1S/C20H31N3O4/c1-14(2)9-10-21-20(25)22-19(24)13-23-11-5-6-17(23)16-12-15(26-3)7-8-18(16)27-4/h7-8,12,14,17H,5-6,9-11,13H2,1-4H3,(H2,21,22,24,25)/p+1/t17-/m0/s1. The average Bonchev–Trinajstić information content (AvgIpc) is 3.08. The highest BCUT2D eigenvalue weighted by Gasteiger charge is 2.34. The molecule has 0 aromatic heterocycles. The Labute approximate surface area is 161 Å². The predicted octanol–water partition coefficient (Wildman–Crippen LogP) is 1.30. The lowest BCUT2D eigenvalue weighted by molar-refractivity contribution is -0.910. The third-order valence-electron chi connectivity index (χ3n) is 4.94. The molecule has 1 aliphatic heterocycles. The molecule has 2 rings (SSSR count). The first-order valence-corrected chi connectivity index (χ1v) is 9.58. The first kappa shape index (κ1) is 21.0. The normalized spacial score (nSPS) is 19.0. The zero-order chi connectivity index (χ0) is 19.8. The maximum Gasteiger partial charge on any atom is 0.321 e. The van der Waals surface area contributed by atoms with Crippen molar-refractivity contribution in [1.29, 1.82) is 0 Å². The molecule has 0 saturated carbocycles. The smallest absolute Gasteiger partial charge is 0.321 e. The van der Waals surface area contributed by atoms with E-state index in [1.807, 2.05) is 18.2 Å². The van der Waals surface area contributed by atoms with Crippen molar-refractivity contribution in [3.63, 3.8) is 0 Å². The van der Waals surface area contributed by atoms with Gasteiger partial charge in [-0.05, 0) is 30.5 Å². The van der Waals surface area contributed by atoms with Crippen molar-refractivity contribution in [2.24, 2.45) is 5.92 Å². The third-order valence-corrected chi connectivity index (χ3v) is 4.94. The van der Waals surface area contributed by atoms with Gasteiger partial charge in [0.25, 0.3) is 5.91 Å². The van der Waals surface area contributed by atoms with E-state index in [4.69, 9.17) is 9.47 Å². The molecule has 7 nitrogen and oxygen atoms in total. The molecule has 0 spiro atoms. The van der Waals surface area contributed by atoms with E-state index >= 15 is 0 Å². The van der Waals surface area contributed by atoms with Crippen LogP contribution in [0, 0.1) is 5.92 Å². The zero-order valence-electron chi connectivity index (χ0n) is 16.8. The van der Waals surface area contributed by atoms with Crippen LogP contribution in [0.4, 0.5) is 4.79 Å². The number of methoxy groups -OCH3 is 2. The summed E-state index contributed by atoms with van der Waals surface area (Å²) in [5.41, 5.74) is 1.04. The van der Waals surface area contributed by atoms with Crippen LogP contribution >= 0.6 is 0 Å². The Balaban J connectivity index is 1.96. The largest absolute Gasteiger partial charge is 0.497 e. The number of benzene rings is 1. The number of hydrogen-bond donors (Lipinski definition) is 3. The maximum absolute atomic E-state index is 12.3. The molecule has 3 N–H and O–H groups in total. The Morgan fingerprint density at radius 1 is 1.26 bits per heavy atom. The lowest BCUT2D eigenvalue weighted by atomic mass is 10.0. The maximum atomic E-state index is 12.3. The first-order chi connectivity index (χ1) is 12.9. The number of quaternary nitrogens is 1. The van der Waals surface area contributed by atoms with Gasteiger partial charge in [0, 0.05) is 19.4 Å². The Bertz CT molecular complexity index is 648. The molecule has 1 unspecified atom stereocenters. The summed E-state index contributed by atoms with van der Waals surface area (Å²) in [5.74, 6) is 1.81. The minimum absolute atomic E-state index is 0.143. The number of carbonyl (C=O) groups excluding carboxylic acids is 2. The van der Waals surface area contributed by atoms with E-state index in [1.165, 1.54) is 0 Å². The van der Waals surface area contributed by atoms with E-state index in [2.05, 4.69) is 24.5 Å². The van der Waals surface area contributed by atoms with Crippen molar-refractivity contribution in [3.05, 3.63) is 23.8 Å². The van der Waals surface area contributed by atoms with Gasteiger partial charge in [0.1, 0.15) is 17.5 Å². The van der Waals surface area contributed by atoms with Crippen LogP contribution in [0.2, 0.25) is 0 Å². The number of carbonyl (C=O) groups is 2. The van der Waals surface area contributed by atoms with Gasteiger partial charge in [-0.15, -0.1) is 0 Å². The molecule has 150 valence electrons. The molecule has 1 fully saturated rings. The molecule has 1 aromatic rings. The third kappa shape index (κ3) is 6.13.